The maximum Gasteiger partial charge on any atom is 0.224 e. The number of nitrogens with zero attached hydrogens (tertiary/aromatic N) is 6. The second-order valence-corrected chi connectivity index (χ2v) is 13.7. The normalized spacial score (nSPS) is 10.1. The van der Waals surface area contributed by atoms with Gasteiger partial charge in [-0.25, -0.2) is 39.4 Å². The van der Waals surface area contributed by atoms with E-state index in [2.05, 4.69) is 29.1 Å². The van der Waals surface area contributed by atoms with Gasteiger partial charge in [-0.1, -0.05) is 0 Å². The minimum Gasteiger partial charge on any atom is -0.311 e. The average molecular weight is 598 g/mol. The van der Waals surface area contributed by atoms with E-state index in [-0.39, 0.29) is 53.3 Å². The summed E-state index contributed by atoms with van der Waals surface area (Å²) < 4.78 is 0. The summed E-state index contributed by atoms with van der Waals surface area (Å²) in [6.07, 6.45) is 0. The molecule has 0 saturated carbocycles. The van der Waals surface area contributed by atoms with E-state index in [1.54, 1.807) is 0 Å². The van der Waals surface area contributed by atoms with E-state index < -0.39 is 0 Å². The molecule has 0 N–H and O–H groups in total. The second-order valence-electron chi connectivity index (χ2n) is 13.7. The molecule has 211 valence electrons. The van der Waals surface area contributed by atoms with Crippen LogP contribution in [-0.2, 0) is 20.1 Å². The van der Waals surface area contributed by atoms with E-state index in [0.717, 1.165) is 0 Å². The predicted molar refractivity (Wildman–Crippen MR) is 158 cm³/mol. The van der Waals surface area contributed by atoms with Crippen LogP contribution in [0.3, 0.4) is 0 Å². The molecule has 0 aromatic carbocycles. The molecule has 0 amide bonds. The minimum atomic E-state index is -0.167. The van der Waals surface area contributed by atoms with Crippen molar-refractivity contribution in [1.29, 1.82) is 0 Å². The molecule has 1 radical (unpaired) electrons. The molecule has 0 heterocycles. The summed E-state index contributed by atoms with van der Waals surface area (Å²) in [7, 11) is 0. The van der Waals surface area contributed by atoms with Crippen LogP contribution in [0.2, 0.25) is 0 Å². The standard InChI is InChI=1S/6C5H9N.Tc/c6*1-5(2,3)6-4;/h6*1-3H3;/i;;;;;;1+1. The van der Waals surface area contributed by atoms with Crippen LogP contribution in [0.5, 0.6) is 0 Å². The fraction of sp³-hybridized carbons (Fsp3) is 0.800. The zero-order chi connectivity index (χ0) is 31.2. The molecule has 0 saturated heterocycles. The number of rotatable bonds is 0. The van der Waals surface area contributed by atoms with E-state index >= 15 is 0 Å². The van der Waals surface area contributed by atoms with Crippen LogP contribution in [0.25, 0.3) is 29.1 Å². The van der Waals surface area contributed by atoms with E-state index in [9.17, 15) is 0 Å². The fourth-order valence-electron chi connectivity index (χ4n) is 0. The van der Waals surface area contributed by atoms with Crippen molar-refractivity contribution >= 4 is 0 Å². The Morgan fingerprint density at radius 3 is 0.270 bits per heavy atom. The molecule has 0 unspecified atom stereocenters. The van der Waals surface area contributed by atoms with Gasteiger partial charge in [-0.05, 0) is 0 Å². The molecule has 0 aliphatic heterocycles. The van der Waals surface area contributed by atoms with Crippen LogP contribution in [0.4, 0.5) is 0 Å². The van der Waals surface area contributed by atoms with Crippen LogP contribution in [0.15, 0.2) is 0 Å². The molecule has 0 spiro atoms. The first kappa shape index (κ1) is 51.3. The van der Waals surface area contributed by atoms with Crippen LogP contribution in [0, 0.1) is 39.4 Å². The van der Waals surface area contributed by atoms with Crippen molar-refractivity contribution in [2.24, 2.45) is 0 Å². The van der Waals surface area contributed by atoms with Gasteiger partial charge in [-0.3, -0.25) is 0 Å². The van der Waals surface area contributed by atoms with Gasteiger partial charge in [0.25, 0.3) is 0 Å². The Hall–Kier alpha value is -2.41. The molecule has 0 aliphatic carbocycles. The van der Waals surface area contributed by atoms with E-state index in [1.807, 2.05) is 125 Å². The van der Waals surface area contributed by atoms with Crippen LogP contribution >= 0.6 is 0 Å². The fourth-order valence-corrected chi connectivity index (χ4v) is 0. The van der Waals surface area contributed by atoms with Crippen LogP contribution in [-0.4, -0.2) is 33.2 Å². The van der Waals surface area contributed by atoms with Gasteiger partial charge in [0.15, 0.2) is 0 Å². The van der Waals surface area contributed by atoms with Crippen LogP contribution in [0.1, 0.15) is 125 Å². The van der Waals surface area contributed by atoms with Gasteiger partial charge in [0.1, 0.15) is 0 Å². The Labute approximate surface area is 245 Å². The third kappa shape index (κ3) is 138. The maximum atomic E-state index is 6.48. The maximum absolute atomic E-state index is 6.48. The summed E-state index contributed by atoms with van der Waals surface area (Å²) in [6, 6.07) is 0. The van der Waals surface area contributed by atoms with Gasteiger partial charge < -0.3 is 29.1 Å². The third-order valence-corrected chi connectivity index (χ3v) is 2.01. The van der Waals surface area contributed by atoms with Crippen molar-refractivity contribution in [1.82, 2.24) is 0 Å². The van der Waals surface area contributed by atoms with Crippen molar-refractivity contribution in [2.75, 3.05) is 0 Å². The Balaban J connectivity index is -0.0000000581. The monoisotopic (exact) mass is 597 g/mol. The molecule has 0 aliphatic rings. The molecule has 0 bridgehead atoms. The average Bonchev–Trinajstić information content (AvgIpc) is 2.67. The van der Waals surface area contributed by atoms with E-state index in [0.29, 0.717) is 0 Å². The van der Waals surface area contributed by atoms with E-state index in [1.165, 1.54) is 0 Å². The molecule has 6 nitrogen and oxygen atoms in total. The van der Waals surface area contributed by atoms with Gasteiger partial charge in [0.05, 0.1) is 0 Å². The van der Waals surface area contributed by atoms with Gasteiger partial charge in [-0.2, -0.15) is 0 Å². The number of hydrogen-bond acceptors (Lipinski definition) is 0. The summed E-state index contributed by atoms with van der Waals surface area (Å²) in [6.45, 7) is 72.9. The molecule has 0 fully saturated rings. The summed E-state index contributed by atoms with van der Waals surface area (Å²) in [5.41, 5.74) is -1.00. The summed E-state index contributed by atoms with van der Waals surface area (Å²) in [5.74, 6) is 0. The quantitative estimate of drug-likeness (QED) is 0.249. The Morgan fingerprint density at radius 1 is 0.243 bits per heavy atom. The van der Waals surface area contributed by atoms with Gasteiger partial charge >= 0.3 is 0 Å². The van der Waals surface area contributed by atoms with Crippen molar-refractivity contribution in [3.8, 4) is 0 Å². The summed E-state index contributed by atoms with van der Waals surface area (Å²) in [4.78, 5) is 19.6. The van der Waals surface area contributed by atoms with Crippen molar-refractivity contribution < 1.29 is 20.1 Å². The topological polar surface area (TPSA) is 26.2 Å². The first-order chi connectivity index (χ1) is 15.4. The molecule has 0 rings (SSSR count). The zero-order valence-corrected chi connectivity index (χ0v) is 28.9. The van der Waals surface area contributed by atoms with Crippen molar-refractivity contribution in [3.05, 3.63) is 68.5 Å². The Kier molecular flexibility index (Phi) is 31.5. The predicted octanol–water partition coefficient (Wildman–Crippen LogP) is 10.2. The smallest absolute Gasteiger partial charge is 0.224 e. The summed E-state index contributed by atoms with van der Waals surface area (Å²) in [5, 5.41) is 0. The molecule has 7 heteroatoms. The number of hydrogen-bond donors (Lipinski definition) is 0. The molecular formula is C30H54N6Tc. The Morgan fingerprint density at radius 2 is 0.270 bits per heavy atom. The van der Waals surface area contributed by atoms with Gasteiger partial charge in [0, 0.05) is 145 Å². The van der Waals surface area contributed by atoms with Gasteiger partial charge in [0.2, 0.25) is 33.2 Å². The van der Waals surface area contributed by atoms with E-state index in [4.69, 9.17) is 39.4 Å². The second kappa shape index (κ2) is 22.8. The SMILES string of the molecule is [99Tc].[C-]#[N+]C(C)(C)C.[C-]#[N+]C(C)(C)C.[C-]#[N+]C(C)(C)C.[C-]#[N+]C(C)(C)C.[C-]#[N+]C(C)(C)C.[C-]#[N+]C(C)(C)C. The molecular weight excluding hydrogens is 543 g/mol. The first-order valence-corrected chi connectivity index (χ1v) is 11.7. The molecule has 0 aromatic heterocycles. The minimum absolute atomic E-state index is 0. The van der Waals surface area contributed by atoms with Crippen molar-refractivity contribution in [2.45, 2.75) is 158 Å². The molecule has 37 heavy (non-hydrogen) atoms. The zero-order valence-electron chi connectivity index (χ0n) is 27.1. The molecule has 0 atom stereocenters. The van der Waals surface area contributed by atoms with Crippen LogP contribution < -0.4 is 0 Å². The Bertz CT molecular complexity index is 618. The third-order valence-electron chi connectivity index (χ3n) is 2.01. The first-order valence-electron chi connectivity index (χ1n) is 11.7. The largest absolute Gasteiger partial charge is 0.311 e. The van der Waals surface area contributed by atoms with Gasteiger partial charge in [-0.15, -0.1) is 0 Å². The summed E-state index contributed by atoms with van der Waals surface area (Å²) >= 11 is 0. The van der Waals surface area contributed by atoms with Crippen molar-refractivity contribution in [3.63, 3.8) is 0 Å². The molecule has 0 aromatic rings.